The first-order valence-corrected chi connectivity index (χ1v) is 4.15. The maximum atomic E-state index is 3.93. The van der Waals surface area contributed by atoms with Gasteiger partial charge in [0.05, 0.1) is 0 Å². The second kappa shape index (κ2) is 5.52. The van der Waals surface area contributed by atoms with Crippen molar-refractivity contribution in [2.45, 2.75) is 40.0 Å². The number of hydrogen-bond donors (Lipinski definition) is 0. The van der Waals surface area contributed by atoms with E-state index in [0.29, 0.717) is 5.92 Å². The summed E-state index contributed by atoms with van der Waals surface area (Å²) in [5.41, 5.74) is 1.50. The van der Waals surface area contributed by atoms with Gasteiger partial charge < -0.3 is 0 Å². The van der Waals surface area contributed by atoms with Gasteiger partial charge in [0.15, 0.2) is 0 Å². The molecular weight excluding hydrogens is 120 g/mol. The first-order valence-electron chi connectivity index (χ1n) is 4.15. The van der Waals surface area contributed by atoms with Crippen LogP contribution in [0.2, 0.25) is 0 Å². The first kappa shape index (κ1) is 9.74. The Hall–Kier alpha value is -0.260. The smallest absolute Gasteiger partial charge is 0.0346 e. The molecule has 1 unspecified atom stereocenters. The van der Waals surface area contributed by atoms with Gasteiger partial charge in [0.25, 0.3) is 0 Å². The molecule has 59 valence electrons. The highest BCUT2D eigenvalue weighted by Crippen LogP contribution is 2.07. The molecule has 0 aliphatic rings. The quantitative estimate of drug-likeness (QED) is 0.522. The molecule has 0 aliphatic heterocycles. The van der Waals surface area contributed by atoms with E-state index in [4.69, 9.17) is 0 Å². The van der Waals surface area contributed by atoms with Crippen molar-refractivity contribution in [1.29, 1.82) is 0 Å². The lowest BCUT2D eigenvalue weighted by molar-refractivity contribution is 0.652. The molecule has 10 heavy (non-hydrogen) atoms. The summed E-state index contributed by atoms with van der Waals surface area (Å²) < 4.78 is 0. The van der Waals surface area contributed by atoms with Crippen LogP contribution in [0.4, 0.5) is 0 Å². The van der Waals surface area contributed by atoms with Crippen LogP contribution in [0.3, 0.4) is 0 Å². The number of allylic oxidation sites excluding steroid dienone is 2. The fourth-order valence-corrected chi connectivity index (χ4v) is 0.759. The number of rotatable bonds is 4. The first-order chi connectivity index (χ1) is 4.66. The minimum absolute atomic E-state index is 0.598. The van der Waals surface area contributed by atoms with Gasteiger partial charge in [-0.2, -0.15) is 0 Å². The Kier molecular flexibility index (Phi) is 5.38. The van der Waals surface area contributed by atoms with Gasteiger partial charge in [-0.05, 0) is 32.1 Å². The molecule has 0 aliphatic carbocycles. The summed E-state index contributed by atoms with van der Waals surface area (Å²) in [6, 6.07) is 0. The third kappa shape index (κ3) is 5.87. The van der Waals surface area contributed by atoms with Crippen LogP contribution in [-0.2, 0) is 0 Å². The fraction of sp³-hybridized carbons (Fsp3) is 0.700. The van der Waals surface area contributed by atoms with Crippen molar-refractivity contribution in [2.75, 3.05) is 0 Å². The van der Waals surface area contributed by atoms with Gasteiger partial charge in [0.2, 0.25) is 0 Å². The summed E-state index contributed by atoms with van der Waals surface area (Å²) in [7, 11) is 0. The van der Waals surface area contributed by atoms with Gasteiger partial charge in [-0.25, -0.2) is 0 Å². The van der Waals surface area contributed by atoms with Crippen molar-refractivity contribution in [3.8, 4) is 0 Å². The lowest BCUT2D eigenvalue weighted by Crippen LogP contribution is -1.85. The molecule has 0 bridgehead atoms. The zero-order valence-electron chi connectivity index (χ0n) is 7.48. The summed E-state index contributed by atoms with van der Waals surface area (Å²) in [6.45, 7) is 10.5. The summed E-state index contributed by atoms with van der Waals surface area (Å²) in [4.78, 5) is 0. The van der Waals surface area contributed by atoms with E-state index >= 15 is 0 Å². The van der Waals surface area contributed by atoms with E-state index in [-0.39, 0.29) is 0 Å². The van der Waals surface area contributed by atoms with Crippen LogP contribution in [0, 0.1) is 12.8 Å². The van der Waals surface area contributed by atoms with Crippen LogP contribution < -0.4 is 0 Å². The van der Waals surface area contributed by atoms with E-state index in [1.54, 1.807) is 0 Å². The Bertz CT molecular complexity index is 98.6. The van der Waals surface area contributed by atoms with E-state index in [1.807, 2.05) is 0 Å². The summed E-state index contributed by atoms with van der Waals surface area (Å²) in [5, 5.41) is 0. The second-order valence-electron chi connectivity index (χ2n) is 3.09. The molecule has 0 nitrogen and oxygen atoms in total. The van der Waals surface area contributed by atoms with Gasteiger partial charge in [0, 0.05) is 0 Å². The normalized spacial score (nSPS) is 12.7. The van der Waals surface area contributed by atoms with Crippen LogP contribution in [0.25, 0.3) is 0 Å². The van der Waals surface area contributed by atoms with Crippen molar-refractivity contribution in [3.05, 3.63) is 18.6 Å². The average molecular weight is 139 g/mol. The molecule has 0 spiro atoms. The highest BCUT2D eigenvalue weighted by atomic mass is 14.0. The Morgan fingerprint density at radius 3 is 2.60 bits per heavy atom. The lowest BCUT2D eigenvalue weighted by Gasteiger charge is -2.00. The minimum Gasteiger partial charge on any atom is -0.0856 e. The van der Waals surface area contributed by atoms with Crippen molar-refractivity contribution in [1.82, 2.24) is 0 Å². The highest BCUT2D eigenvalue weighted by Gasteiger charge is 1.90. The third-order valence-corrected chi connectivity index (χ3v) is 1.71. The van der Waals surface area contributed by atoms with E-state index in [9.17, 15) is 0 Å². The summed E-state index contributed by atoms with van der Waals surface area (Å²) >= 11 is 0. The van der Waals surface area contributed by atoms with Crippen molar-refractivity contribution in [3.63, 3.8) is 0 Å². The summed E-state index contributed by atoms with van der Waals surface area (Å²) in [5.74, 6) is 0.598. The largest absolute Gasteiger partial charge is 0.0856 e. The van der Waals surface area contributed by atoms with Crippen molar-refractivity contribution < 1.29 is 0 Å². The molecule has 0 heteroatoms. The van der Waals surface area contributed by atoms with Gasteiger partial charge in [0.1, 0.15) is 0 Å². The Labute approximate surface area is 65.3 Å². The molecule has 1 atom stereocenters. The molecule has 0 saturated heterocycles. The maximum Gasteiger partial charge on any atom is -0.0346 e. The molecule has 0 rings (SSSR count). The standard InChI is InChI=1S/C10H19/c1-5-10(4)8-6-7-9(2)3/h8-9H,2,5-7H2,1,3-4H3/b10-8+. The molecule has 0 aromatic heterocycles. The molecule has 0 amide bonds. The topological polar surface area (TPSA) is 0 Å². The van der Waals surface area contributed by atoms with E-state index < -0.39 is 0 Å². The molecule has 0 aromatic rings. The SMILES string of the molecule is [CH2]C(C)CC/C=C(\C)CC. The van der Waals surface area contributed by atoms with Crippen molar-refractivity contribution in [2.24, 2.45) is 5.92 Å². The van der Waals surface area contributed by atoms with Crippen LogP contribution in [0.5, 0.6) is 0 Å². The van der Waals surface area contributed by atoms with Crippen LogP contribution in [0.1, 0.15) is 40.0 Å². The predicted octanol–water partition coefficient (Wildman–Crippen LogP) is 3.59. The van der Waals surface area contributed by atoms with E-state index in [0.717, 1.165) is 0 Å². The molecule has 0 fully saturated rings. The van der Waals surface area contributed by atoms with Crippen LogP contribution in [0.15, 0.2) is 11.6 Å². The Morgan fingerprint density at radius 2 is 2.20 bits per heavy atom. The molecule has 0 saturated carbocycles. The predicted molar refractivity (Wildman–Crippen MR) is 47.8 cm³/mol. The van der Waals surface area contributed by atoms with Gasteiger partial charge in [-0.3, -0.25) is 0 Å². The van der Waals surface area contributed by atoms with E-state index in [2.05, 4.69) is 33.8 Å². The van der Waals surface area contributed by atoms with Gasteiger partial charge in [-0.1, -0.05) is 32.4 Å². The zero-order chi connectivity index (χ0) is 7.98. The van der Waals surface area contributed by atoms with E-state index in [1.165, 1.54) is 24.8 Å². The van der Waals surface area contributed by atoms with Crippen molar-refractivity contribution >= 4 is 0 Å². The van der Waals surface area contributed by atoms with Crippen LogP contribution in [-0.4, -0.2) is 0 Å². The fourth-order valence-electron chi connectivity index (χ4n) is 0.759. The molecule has 0 N–H and O–H groups in total. The summed E-state index contributed by atoms with van der Waals surface area (Å²) in [6.07, 6.45) is 5.93. The zero-order valence-corrected chi connectivity index (χ0v) is 7.48. The third-order valence-electron chi connectivity index (χ3n) is 1.71. The molecule has 1 radical (unpaired) electrons. The number of hydrogen-bond acceptors (Lipinski definition) is 0. The van der Waals surface area contributed by atoms with Crippen LogP contribution >= 0.6 is 0 Å². The Balaban J connectivity index is 3.34. The monoisotopic (exact) mass is 139 g/mol. The highest BCUT2D eigenvalue weighted by molar-refractivity contribution is 4.96. The minimum atomic E-state index is 0.598. The van der Waals surface area contributed by atoms with Gasteiger partial charge >= 0.3 is 0 Å². The maximum absolute atomic E-state index is 3.93. The molecule has 0 heterocycles. The van der Waals surface area contributed by atoms with Gasteiger partial charge in [-0.15, -0.1) is 0 Å². The Morgan fingerprint density at radius 1 is 1.60 bits per heavy atom. The second-order valence-corrected chi connectivity index (χ2v) is 3.09. The average Bonchev–Trinajstić information content (AvgIpc) is 1.87. The molecule has 0 aromatic carbocycles. The lowest BCUT2D eigenvalue weighted by atomic mass is 10.1. The molecular formula is C10H19.